The summed E-state index contributed by atoms with van der Waals surface area (Å²) in [5.74, 6) is 1.20. The zero-order valence-corrected chi connectivity index (χ0v) is 16.0. The Morgan fingerprint density at radius 2 is 1.89 bits per heavy atom. The van der Waals surface area contributed by atoms with Gasteiger partial charge in [-0.1, -0.05) is 12.1 Å². The van der Waals surface area contributed by atoms with Crippen LogP contribution in [0, 0.1) is 6.92 Å². The van der Waals surface area contributed by atoms with Crippen molar-refractivity contribution in [1.29, 1.82) is 0 Å². The Balaban J connectivity index is 1.94. The van der Waals surface area contributed by atoms with Crippen molar-refractivity contribution in [2.45, 2.75) is 32.6 Å². The molecule has 3 aromatic heterocycles. The van der Waals surface area contributed by atoms with E-state index in [1.807, 2.05) is 12.1 Å². The Hall–Kier alpha value is -2.73. The molecule has 4 aromatic rings. The molecule has 0 saturated heterocycles. The average Bonchev–Trinajstić information content (AvgIpc) is 3.05. The Kier molecular flexibility index (Phi) is 3.75. The molecule has 1 aliphatic carbocycles. The zero-order chi connectivity index (χ0) is 18.5. The molecule has 3 heterocycles. The number of aryl methyl sites for hydroxylation is 2. The van der Waals surface area contributed by atoms with Crippen molar-refractivity contribution in [3.8, 4) is 16.9 Å². The zero-order valence-electron chi connectivity index (χ0n) is 15.2. The molecule has 5 nitrogen and oxygen atoms in total. The molecule has 0 fully saturated rings. The summed E-state index contributed by atoms with van der Waals surface area (Å²) in [5.41, 5.74) is 5.06. The van der Waals surface area contributed by atoms with Crippen LogP contribution in [0.2, 0.25) is 0 Å². The van der Waals surface area contributed by atoms with Crippen molar-refractivity contribution in [1.82, 2.24) is 9.97 Å². The lowest BCUT2D eigenvalue weighted by Crippen LogP contribution is -2.07. The molecule has 0 amide bonds. The van der Waals surface area contributed by atoms with Gasteiger partial charge in [-0.05, 0) is 54.5 Å². The van der Waals surface area contributed by atoms with Crippen molar-refractivity contribution in [2.24, 2.45) is 0 Å². The smallest absolute Gasteiger partial charge is 0.357 e. The lowest BCUT2D eigenvalue weighted by atomic mass is 9.87. The van der Waals surface area contributed by atoms with Gasteiger partial charge in [0.1, 0.15) is 20.8 Å². The molecule has 6 heteroatoms. The van der Waals surface area contributed by atoms with Gasteiger partial charge in [0, 0.05) is 18.0 Å². The Bertz CT molecular complexity index is 1240. The maximum Gasteiger partial charge on any atom is 0.357 e. The predicted octanol–water partition coefficient (Wildman–Crippen LogP) is 4.66. The maximum absolute atomic E-state index is 12.4. The molecule has 0 aliphatic heterocycles. The first-order valence-electron chi connectivity index (χ1n) is 9.06. The summed E-state index contributed by atoms with van der Waals surface area (Å²) < 4.78 is 11.1. The highest BCUT2D eigenvalue weighted by molar-refractivity contribution is 7.25. The van der Waals surface area contributed by atoms with E-state index in [0.29, 0.717) is 16.1 Å². The van der Waals surface area contributed by atoms with E-state index in [-0.39, 0.29) is 5.63 Å². The number of pyridine rings is 1. The first-order valence-corrected chi connectivity index (χ1v) is 9.87. The van der Waals surface area contributed by atoms with Crippen molar-refractivity contribution in [2.75, 3.05) is 7.11 Å². The van der Waals surface area contributed by atoms with E-state index in [1.54, 1.807) is 14.0 Å². The van der Waals surface area contributed by atoms with E-state index in [9.17, 15) is 4.79 Å². The van der Waals surface area contributed by atoms with Crippen LogP contribution in [0.3, 0.4) is 0 Å². The Morgan fingerprint density at radius 1 is 1.11 bits per heavy atom. The van der Waals surface area contributed by atoms with E-state index < -0.39 is 0 Å². The van der Waals surface area contributed by atoms with Crippen LogP contribution in [0.1, 0.15) is 30.0 Å². The van der Waals surface area contributed by atoms with Gasteiger partial charge < -0.3 is 9.15 Å². The molecule has 0 radical (unpaired) electrons. The molecule has 5 rings (SSSR count). The SMILES string of the molecule is COc1ccc(-c2c3c(nc4sc5c(=O)oc(C)nc5c24)CCCC3)cc1. The molecule has 0 N–H and O–H groups in total. The van der Waals surface area contributed by atoms with Gasteiger partial charge >= 0.3 is 5.63 Å². The number of methoxy groups -OCH3 is 1. The van der Waals surface area contributed by atoms with Gasteiger partial charge in [0.05, 0.1) is 7.11 Å². The van der Waals surface area contributed by atoms with Crippen molar-refractivity contribution < 1.29 is 9.15 Å². The number of rotatable bonds is 2. The second-order valence-corrected chi connectivity index (χ2v) is 7.83. The normalized spacial score (nSPS) is 13.9. The van der Waals surface area contributed by atoms with Crippen LogP contribution < -0.4 is 10.4 Å². The molecule has 27 heavy (non-hydrogen) atoms. The molecule has 0 saturated carbocycles. The largest absolute Gasteiger partial charge is 0.497 e. The number of thiophene rings is 1. The van der Waals surface area contributed by atoms with Gasteiger partial charge in [-0.15, -0.1) is 11.3 Å². The van der Waals surface area contributed by atoms with Gasteiger partial charge in [0.15, 0.2) is 5.89 Å². The summed E-state index contributed by atoms with van der Waals surface area (Å²) in [6.07, 6.45) is 4.28. The molecule has 0 unspecified atom stereocenters. The quantitative estimate of drug-likeness (QED) is 0.507. The predicted molar refractivity (Wildman–Crippen MR) is 107 cm³/mol. The number of hydrogen-bond donors (Lipinski definition) is 0. The molecule has 0 spiro atoms. The minimum Gasteiger partial charge on any atom is -0.497 e. The van der Waals surface area contributed by atoms with Crippen molar-refractivity contribution >= 4 is 31.8 Å². The fourth-order valence-corrected chi connectivity index (χ4v) is 4.97. The number of fused-ring (bicyclic) bond motifs is 4. The summed E-state index contributed by atoms with van der Waals surface area (Å²) in [5, 5.41) is 0.969. The lowest BCUT2D eigenvalue weighted by Gasteiger charge is -2.20. The topological polar surface area (TPSA) is 65.2 Å². The fourth-order valence-electron chi connectivity index (χ4n) is 3.95. The van der Waals surface area contributed by atoms with Crippen LogP contribution >= 0.6 is 11.3 Å². The second kappa shape index (κ2) is 6.16. The second-order valence-electron chi connectivity index (χ2n) is 6.83. The highest BCUT2D eigenvalue weighted by Crippen LogP contribution is 2.42. The minimum atomic E-state index is -0.334. The fraction of sp³-hybridized carbons (Fsp3) is 0.286. The first-order chi connectivity index (χ1) is 13.2. The number of aromatic nitrogens is 2. The first kappa shape index (κ1) is 16.4. The van der Waals surface area contributed by atoms with Crippen LogP contribution in [-0.4, -0.2) is 17.1 Å². The van der Waals surface area contributed by atoms with Crippen LogP contribution in [0.25, 0.3) is 31.6 Å². The number of nitrogens with zero attached hydrogens (tertiary/aromatic N) is 2. The van der Waals surface area contributed by atoms with E-state index >= 15 is 0 Å². The van der Waals surface area contributed by atoms with E-state index in [0.717, 1.165) is 58.5 Å². The number of ether oxygens (including phenoxy) is 1. The lowest BCUT2D eigenvalue weighted by molar-refractivity contribution is 0.415. The summed E-state index contributed by atoms with van der Waals surface area (Å²) in [7, 11) is 1.67. The van der Waals surface area contributed by atoms with E-state index in [1.165, 1.54) is 16.9 Å². The minimum absolute atomic E-state index is 0.334. The van der Waals surface area contributed by atoms with Gasteiger partial charge in [-0.25, -0.2) is 14.8 Å². The maximum atomic E-state index is 12.4. The third-order valence-corrected chi connectivity index (χ3v) is 6.22. The van der Waals surface area contributed by atoms with Crippen LogP contribution in [0.5, 0.6) is 5.75 Å². The van der Waals surface area contributed by atoms with Crippen molar-refractivity contribution in [3.05, 3.63) is 51.8 Å². The molecule has 0 bridgehead atoms. The number of benzene rings is 1. The van der Waals surface area contributed by atoms with Gasteiger partial charge in [0.2, 0.25) is 0 Å². The van der Waals surface area contributed by atoms with Gasteiger partial charge in [-0.2, -0.15) is 0 Å². The van der Waals surface area contributed by atoms with Crippen LogP contribution in [0.15, 0.2) is 33.5 Å². The highest BCUT2D eigenvalue weighted by Gasteiger charge is 2.24. The summed E-state index contributed by atoms with van der Waals surface area (Å²) in [6, 6.07) is 8.09. The van der Waals surface area contributed by atoms with Crippen LogP contribution in [0.4, 0.5) is 0 Å². The van der Waals surface area contributed by atoms with Crippen molar-refractivity contribution in [3.63, 3.8) is 0 Å². The van der Waals surface area contributed by atoms with Gasteiger partial charge in [0.25, 0.3) is 0 Å². The molecule has 1 aliphatic rings. The molecule has 0 atom stereocenters. The summed E-state index contributed by atoms with van der Waals surface area (Å²) in [4.78, 5) is 22.7. The highest BCUT2D eigenvalue weighted by atomic mass is 32.1. The molecule has 136 valence electrons. The standard InChI is InChI=1S/C21H18N2O3S/c1-11-22-18-17-16(12-7-9-13(25-2)10-8-12)14-5-3-4-6-15(14)23-20(17)27-19(18)21(24)26-11/h7-10H,3-6H2,1-2H3. The molecular weight excluding hydrogens is 360 g/mol. The van der Waals surface area contributed by atoms with Crippen LogP contribution in [-0.2, 0) is 12.8 Å². The Labute approximate surface area is 159 Å². The van der Waals surface area contributed by atoms with E-state index in [4.69, 9.17) is 14.1 Å². The molecule has 1 aromatic carbocycles. The summed E-state index contributed by atoms with van der Waals surface area (Å²) >= 11 is 1.38. The third kappa shape index (κ3) is 2.55. The van der Waals surface area contributed by atoms with E-state index in [2.05, 4.69) is 17.1 Å². The third-order valence-electron chi connectivity index (χ3n) is 5.17. The van der Waals surface area contributed by atoms with Gasteiger partial charge in [-0.3, -0.25) is 0 Å². The average molecular weight is 378 g/mol. The summed E-state index contributed by atoms with van der Waals surface area (Å²) in [6.45, 7) is 1.71. The number of hydrogen-bond acceptors (Lipinski definition) is 6. The molecular formula is C21H18N2O3S. The monoisotopic (exact) mass is 378 g/mol. The Morgan fingerprint density at radius 3 is 2.67 bits per heavy atom.